The molecule has 1 aliphatic heterocycles. The summed E-state index contributed by atoms with van der Waals surface area (Å²) in [5, 5.41) is 43.9. The number of aliphatic hydroxyl groups is 2. The summed E-state index contributed by atoms with van der Waals surface area (Å²) < 4.78 is 17.1. The van der Waals surface area contributed by atoms with Gasteiger partial charge in [-0.3, -0.25) is 14.4 Å². The second-order valence-corrected chi connectivity index (χ2v) is 10.1. The molecule has 6 N–H and O–H groups in total. The van der Waals surface area contributed by atoms with Gasteiger partial charge in [0, 0.05) is 42.0 Å². The molecule has 4 unspecified atom stereocenters. The number of aromatic hydroxyl groups is 2. The van der Waals surface area contributed by atoms with Crippen molar-refractivity contribution in [3.05, 3.63) is 51.6 Å². The standard InChI is InChI=1S/C27H29NO10/c1-10(29)26-14(28)7-17(38-26)37-16-9-27(35,11(2)30)8-13-19(16)25(34)21-20(23(13)32)22(31)12-5-4-6-15(36-3)18(12)24(21)33/h4-6,10,14,16-17,26,29,32,34-35H,7-9,28H2,1-3H3/t10?,14?,16-,17?,26?,27-/m0/s1. The number of phenols is 2. The number of Topliss-reactive ketones (excluding diaryl/α,β-unsaturated/α-hetero) is 1. The molecule has 1 heterocycles. The van der Waals surface area contributed by atoms with E-state index in [-0.39, 0.29) is 40.8 Å². The van der Waals surface area contributed by atoms with E-state index in [1.165, 1.54) is 39.2 Å². The summed E-state index contributed by atoms with van der Waals surface area (Å²) in [6, 6.07) is 3.87. The van der Waals surface area contributed by atoms with Gasteiger partial charge in [-0.15, -0.1) is 0 Å². The summed E-state index contributed by atoms with van der Waals surface area (Å²) in [4.78, 5) is 39.6. The number of ketones is 3. The minimum Gasteiger partial charge on any atom is -0.507 e. The van der Waals surface area contributed by atoms with Crippen LogP contribution in [0.2, 0.25) is 0 Å². The van der Waals surface area contributed by atoms with E-state index >= 15 is 0 Å². The Balaban J connectivity index is 1.67. The number of methoxy groups -OCH3 is 1. The summed E-state index contributed by atoms with van der Waals surface area (Å²) in [7, 11) is 1.34. The molecule has 0 spiro atoms. The van der Waals surface area contributed by atoms with Gasteiger partial charge in [0.15, 0.2) is 17.9 Å². The van der Waals surface area contributed by atoms with E-state index in [0.717, 1.165) is 0 Å². The zero-order chi connectivity index (χ0) is 27.7. The highest BCUT2D eigenvalue weighted by Crippen LogP contribution is 2.52. The van der Waals surface area contributed by atoms with Gasteiger partial charge in [0.1, 0.15) is 29.0 Å². The lowest BCUT2D eigenvalue weighted by Crippen LogP contribution is -2.45. The maximum atomic E-state index is 13.6. The molecule has 0 radical (unpaired) electrons. The molecule has 3 aliphatic rings. The first-order chi connectivity index (χ1) is 17.9. The van der Waals surface area contributed by atoms with Crippen LogP contribution in [0.25, 0.3) is 0 Å². The largest absolute Gasteiger partial charge is 0.507 e. The van der Waals surface area contributed by atoms with Crippen LogP contribution in [0.15, 0.2) is 18.2 Å². The highest BCUT2D eigenvalue weighted by molar-refractivity contribution is 6.31. The SMILES string of the molecule is COc1cccc2c1C(=O)c1c(O)c3c(c(O)c1C2=O)C[C@@](O)(C(C)=O)C[C@@H]3OC1CC(N)C(C(C)O)O1. The Kier molecular flexibility index (Phi) is 6.32. The molecule has 2 aromatic rings. The molecule has 0 bridgehead atoms. The molecule has 6 atom stereocenters. The fraction of sp³-hybridized carbons (Fsp3) is 0.444. The molecule has 0 amide bonds. The number of hydrogen-bond donors (Lipinski definition) is 5. The molecule has 202 valence electrons. The van der Waals surface area contributed by atoms with Crippen molar-refractivity contribution in [2.45, 2.75) is 69.4 Å². The fourth-order valence-corrected chi connectivity index (χ4v) is 5.73. The molecule has 11 nitrogen and oxygen atoms in total. The second kappa shape index (κ2) is 9.14. The third-order valence-corrected chi connectivity index (χ3v) is 7.72. The molecular weight excluding hydrogens is 498 g/mol. The van der Waals surface area contributed by atoms with E-state index in [1.54, 1.807) is 0 Å². The lowest BCUT2D eigenvalue weighted by Gasteiger charge is -2.39. The molecule has 0 saturated carbocycles. The van der Waals surface area contributed by atoms with E-state index < -0.39 is 82.6 Å². The van der Waals surface area contributed by atoms with Gasteiger partial charge in [-0.25, -0.2) is 0 Å². The van der Waals surface area contributed by atoms with Gasteiger partial charge in [0.25, 0.3) is 0 Å². The van der Waals surface area contributed by atoms with Crippen molar-refractivity contribution in [2.75, 3.05) is 7.11 Å². The van der Waals surface area contributed by atoms with Crippen molar-refractivity contribution < 1.29 is 49.0 Å². The highest BCUT2D eigenvalue weighted by atomic mass is 16.7. The maximum Gasteiger partial charge on any atom is 0.202 e. The van der Waals surface area contributed by atoms with E-state index in [0.29, 0.717) is 0 Å². The van der Waals surface area contributed by atoms with E-state index in [1.807, 2.05) is 0 Å². The van der Waals surface area contributed by atoms with Crippen LogP contribution in [0, 0.1) is 0 Å². The summed E-state index contributed by atoms with van der Waals surface area (Å²) in [5.74, 6) is -3.17. The number of phenolic OH excluding ortho intramolecular Hbond substituents is 2. The van der Waals surface area contributed by atoms with Crippen LogP contribution < -0.4 is 10.5 Å². The Morgan fingerprint density at radius 2 is 1.84 bits per heavy atom. The number of fused-ring (bicyclic) bond motifs is 3. The number of aliphatic hydroxyl groups excluding tert-OH is 1. The highest BCUT2D eigenvalue weighted by Gasteiger charge is 2.49. The van der Waals surface area contributed by atoms with Crippen LogP contribution in [0.1, 0.15) is 75.8 Å². The third kappa shape index (κ3) is 3.81. The Morgan fingerprint density at radius 1 is 1.16 bits per heavy atom. The average molecular weight is 528 g/mol. The van der Waals surface area contributed by atoms with E-state index in [4.69, 9.17) is 19.9 Å². The number of nitrogens with two attached hydrogens (primary N) is 1. The Bertz CT molecular complexity index is 1370. The lowest BCUT2D eigenvalue weighted by atomic mass is 9.72. The molecule has 2 aliphatic carbocycles. The number of carbonyl (C=O) groups is 3. The zero-order valence-corrected chi connectivity index (χ0v) is 21.1. The smallest absolute Gasteiger partial charge is 0.202 e. The number of carbonyl (C=O) groups excluding carboxylic acids is 3. The molecular formula is C27H29NO10. The van der Waals surface area contributed by atoms with E-state index in [9.17, 15) is 34.8 Å². The van der Waals surface area contributed by atoms with Gasteiger partial charge < -0.3 is 40.4 Å². The molecule has 0 aromatic heterocycles. The first-order valence-corrected chi connectivity index (χ1v) is 12.2. The minimum atomic E-state index is -2.00. The summed E-state index contributed by atoms with van der Waals surface area (Å²) in [6.07, 6.45) is -4.41. The van der Waals surface area contributed by atoms with Crippen molar-refractivity contribution in [2.24, 2.45) is 5.73 Å². The predicted octanol–water partition coefficient (Wildman–Crippen LogP) is 1.03. The Morgan fingerprint density at radius 3 is 2.45 bits per heavy atom. The molecule has 11 heteroatoms. The van der Waals surface area contributed by atoms with Crippen LogP contribution in [0.5, 0.6) is 17.2 Å². The normalized spacial score (nSPS) is 28.9. The van der Waals surface area contributed by atoms with Crippen LogP contribution >= 0.6 is 0 Å². The summed E-state index contributed by atoms with van der Waals surface area (Å²) in [5.41, 5.74) is 3.04. The van der Waals surface area contributed by atoms with Crippen LogP contribution in [0.4, 0.5) is 0 Å². The molecule has 2 aromatic carbocycles. The molecule has 38 heavy (non-hydrogen) atoms. The topological polar surface area (TPSA) is 186 Å². The molecule has 5 rings (SSSR count). The first kappa shape index (κ1) is 26.3. The number of benzene rings is 2. The number of hydrogen-bond acceptors (Lipinski definition) is 11. The van der Waals surface area contributed by atoms with Gasteiger partial charge in [0.05, 0.1) is 36.0 Å². The monoisotopic (exact) mass is 527 g/mol. The van der Waals surface area contributed by atoms with Gasteiger partial charge in [-0.05, 0) is 19.9 Å². The van der Waals surface area contributed by atoms with Crippen LogP contribution in [0.3, 0.4) is 0 Å². The Labute approximate surface area is 217 Å². The zero-order valence-electron chi connectivity index (χ0n) is 21.1. The average Bonchev–Trinajstić information content (AvgIpc) is 3.23. The van der Waals surface area contributed by atoms with Crippen LogP contribution in [-0.2, 0) is 20.7 Å². The first-order valence-electron chi connectivity index (χ1n) is 12.2. The van der Waals surface area contributed by atoms with Crippen molar-refractivity contribution in [3.8, 4) is 17.2 Å². The van der Waals surface area contributed by atoms with Gasteiger partial charge in [-0.1, -0.05) is 12.1 Å². The number of ether oxygens (including phenoxy) is 3. The Hall–Kier alpha value is -3.35. The molecule has 1 fully saturated rings. The van der Waals surface area contributed by atoms with Gasteiger partial charge in [-0.2, -0.15) is 0 Å². The van der Waals surface area contributed by atoms with Gasteiger partial charge in [0.2, 0.25) is 5.78 Å². The van der Waals surface area contributed by atoms with Crippen molar-refractivity contribution in [1.82, 2.24) is 0 Å². The van der Waals surface area contributed by atoms with Crippen molar-refractivity contribution in [3.63, 3.8) is 0 Å². The van der Waals surface area contributed by atoms with Gasteiger partial charge >= 0.3 is 0 Å². The fourth-order valence-electron chi connectivity index (χ4n) is 5.73. The number of rotatable bonds is 5. The second-order valence-electron chi connectivity index (χ2n) is 10.1. The summed E-state index contributed by atoms with van der Waals surface area (Å²) >= 11 is 0. The third-order valence-electron chi connectivity index (χ3n) is 7.72. The lowest BCUT2D eigenvalue weighted by molar-refractivity contribution is -0.192. The summed E-state index contributed by atoms with van der Waals surface area (Å²) in [6.45, 7) is 2.70. The maximum absolute atomic E-state index is 13.6. The minimum absolute atomic E-state index is 0.0144. The van der Waals surface area contributed by atoms with Crippen molar-refractivity contribution >= 4 is 17.3 Å². The van der Waals surface area contributed by atoms with E-state index in [2.05, 4.69) is 0 Å². The van der Waals surface area contributed by atoms with Crippen LogP contribution in [-0.4, -0.2) is 75.0 Å². The van der Waals surface area contributed by atoms with Crippen molar-refractivity contribution in [1.29, 1.82) is 0 Å². The predicted molar refractivity (Wildman–Crippen MR) is 130 cm³/mol. The quantitative estimate of drug-likeness (QED) is 0.298. The molecule has 1 saturated heterocycles.